The summed E-state index contributed by atoms with van der Waals surface area (Å²) in [4.78, 5) is 0. The van der Waals surface area contributed by atoms with Gasteiger partial charge in [0.1, 0.15) is 0 Å². The average Bonchev–Trinajstić information content (AvgIpc) is 2.11. The summed E-state index contributed by atoms with van der Waals surface area (Å²) in [5, 5.41) is 3.27. The molecule has 0 atom stereocenters. The largest absolute Gasteiger partial charge is 0.313 e. The van der Waals surface area contributed by atoms with E-state index in [1.165, 1.54) is 23.6 Å². The van der Waals surface area contributed by atoms with E-state index in [1.54, 1.807) is 0 Å². The maximum absolute atomic E-state index is 11.8. The zero-order chi connectivity index (χ0) is 11.3. The third-order valence-electron chi connectivity index (χ3n) is 3.00. The first-order valence-electron chi connectivity index (χ1n) is 5.81. The van der Waals surface area contributed by atoms with Crippen molar-refractivity contribution >= 4 is 10.0 Å². The molecule has 0 unspecified atom stereocenters. The first-order chi connectivity index (χ1) is 7.10. The first kappa shape index (κ1) is 12.9. The van der Waals surface area contributed by atoms with Gasteiger partial charge in [-0.1, -0.05) is 20.3 Å². The molecule has 5 heteroatoms. The normalized spacial score (nSPS) is 18.1. The van der Waals surface area contributed by atoms with Crippen LogP contribution in [0.2, 0.25) is 0 Å². The Bertz CT molecular complexity index is 269. The lowest BCUT2D eigenvalue weighted by molar-refractivity contribution is 0.345. The highest BCUT2D eigenvalue weighted by atomic mass is 32.2. The quantitative estimate of drug-likeness (QED) is 0.709. The van der Waals surface area contributed by atoms with Crippen LogP contribution in [0.3, 0.4) is 0 Å². The van der Waals surface area contributed by atoms with Crippen LogP contribution in [0, 0.1) is 0 Å². The molecule has 0 aliphatic heterocycles. The van der Waals surface area contributed by atoms with E-state index in [-0.39, 0.29) is 5.75 Å². The van der Waals surface area contributed by atoms with E-state index in [1.807, 2.05) is 13.8 Å². The molecule has 1 aliphatic carbocycles. The Morgan fingerprint density at radius 3 is 2.27 bits per heavy atom. The van der Waals surface area contributed by atoms with Crippen molar-refractivity contribution in [2.75, 3.05) is 25.4 Å². The predicted molar refractivity (Wildman–Crippen MR) is 62.3 cm³/mol. The molecule has 0 heterocycles. The Hall–Kier alpha value is -0.130. The van der Waals surface area contributed by atoms with E-state index in [2.05, 4.69) is 5.32 Å². The van der Waals surface area contributed by atoms with Gasteiger partial charge in [0.15, 0.2) is 0 Å². The van der Waals surface area contributed by atoms with Gasteiger partial charge in [-0.05, 0) is 12.8 Å². The highest BCUT2D eigenvalue weighted by Gasteiger charge is 2.20. The summed E-state index contributed by atoms with van der Waals surface area (Å²) in [5.74, 6) is 0.227. The summed E-state index contributed by atoms with van der Waals surface area (Å²) in [7, 11) is -3.03. The van der Waals surface area contributed by atoms with Crippen LogP contribution in [0.1, 0.15) is 33.1 Å². The van der Waals surface area contributed by atoms with Gasteiger partial charge in [0, 0.05) is 25.7 Å². The minimum absolute atomic E-state index is 0.227. The van der Waals surface area contributed by atoms with Crippen molar-refractivity contribution in [2.24, 2.45) is 0 Å². The Balaban J connectivity index is 2.28. The molecule has 0 amide bonds. The van der Waals surface area contributed by atoms with Crippen molar-refractivity contribution < 1.29 is 8.42 Å². The Kier molecular flexibility index (Phi) is 5.02. The zero-order valence-electron chi connectivity index (χ0n) is 9.70. The van der Waals surface area contributed by atoms with Gasteiger partial charge < -0.3 is 5.32 Å². The van der Waals surface area contributed by atoms with Crippen LogP contribution in [-0.4, -0.2) is 44.2 Å². The monoisotopic (exact) mass is 234 g/mol. The van der Waals surface area contributed by atoms with Crippen molar-refractivity contribution in [1.82, 2.24) is 9.62 Å². The third kappa shape index (κ3) is 3.74. The zero-order valence-corrected chi connectivity index (χ0v) is 10.5. The topological polar surface area (TPSA) is 49.4 Å². The first-order valence-corrected chi connectivity index (χ1v) is 7.42. The van der Waals surface area contributed by atoms with Gasteiger partial charge in [0.25, 0.3) is 0 Å². The summed E-state index contributed by atoms with van der Waals surface area (Å²) in [6.07, 6.45) is 3.68. The Morgan fingerprint density at radius 1 is 1.27 bits per heavy atom. The fourth-order valence-electron chi connectivity index (χ4n) is 1.75. The summed E-state index contributed by atoms with van der Waals surface area (Å²) < 4.78 is 25.1. The summed E-state index contributed by atoms with van der Waals surface area (Å²) in [5.41, 5.74) is 0. The molecule has 1 saturated carbocycles. The standard InChI is InChI=1S/C10H22N2O2S/c1-3-12(4-2)15(13,14)9-8-11-10-6-5-7-10/h10-11H,3-9H2,1-2H3. The van der Waals surface area contributed by atoms with Gasteiger partial charge >= 0.3 is 0 Å². The molecule has 1 aliphatic rings. The van der Waals surface area contributed by atoms with Crippen molar-refractivity contribution in [1.29, 1.82) is 0 Å². The summed E-state index contributed by atoms with van der Waals surface area (Å²) >= 11 is 0. The minimum Gasteiger partial charge on any atom is -0.313 e. The Morgan fingerprint density at radius 2 is 1.87 bits per heavy atom. The SMILES string of the molecule is CCN(CC)S(=O)(=O)CCNC1CCC1. The lowest BCUT2D eigenvalue weighted by Gasteiger charge is -2.27. The predicted octanol–water partition coefficient (Wildman–Crippen LogP) is 0.800. The maximum atomic E-state index is 11.8. The van der Waals surface area contributed by atoms with Crippen LogP contribution in [-0.2, 0) is 10.0 Å². The number of nitrogens with one attached hydrogen (secondary N) is 1. The molecule has 0 bridgehead atoms. The lowest BCUT2D eigenvalue weighted by atomic mass is 9.93. The van der Waals surface area contributed by atoms with Gasteiger partial charge in [-0.3, -0.25) is 0 Å². The number of rotatable bonds is 7. The molecule has 1 N–H and O–H groups in total. The fourth-order valence-corrected chi connectivity index (χ4v) is 3.17. The molecule has 90 valence electrons. The highest BCUT2D eigenvalue weighted by molar-refractivity contribution is 7.89. The molecular formula is C10H22N2O2S. The smallest absolute Gasteiger partial charge is 0.215 e. The fraction of sp³-hybridized carbons (Fsp3) is 1.00. The second-order valence-electron chi connectivity index (χ2n) is 3.98. The van der Waals surface area contributed by atoms with E-state index < -0.39 is 10.0 Å². The second-order valence-corrected chi connectivity index (χ2v) is 6.07. The van der Waals surface area contributed by atoms with Crippen molar-refractivity contribution in [3.8, 4) is 0 Å². The number of nitrogens with zero attached hydrogens (tertiary/aromatic N) is 1. The van der Waals surface area contributed by atoms with E-state index in [9.17, 15) is 8.42 Å². The molecule has 4 nitrogen and oxygen atoms in total. The molecule has 0 saturated heterocycles. The van der Waals surface area contributed by atoms with Gasteiger partial charge in [0.2, 0.25) is 10.0 Å². The minimum atomic E-state index is -3.03. The maximum Gasteiger partial charge on any atom is 0.215 e. The van der Waals surface area contributed by atoms with E-state index in [4.69, 9.17) is 0 Å². The Labute approximate surface area is 93.1 Å². The summed E-state index contributed by atoms with van der Waals surface area (Å²) in [6, 6.07) is 0.567. The van der Waals surface area contributed by atoms with E-state index >= 15 is 0 Å². The van der Waals surface area contributed by atoms with Crippen molar-refractivity contribution in [3.63, 3.8) is 0 Å². The van der Waals surface area contributed by atoms with E-state index in [0.717, 1.165) is 0 Å². The van der Waals surface area contributed by atoms with Crippen LogP contribution < -0.4 is 5.32 Å². The van der Waals surface area contributed by atoms with Crippen LogP contribution >= 0.6 is 0 Å². The van der Waals surface area contributed by atoms with Crippen molar-refractivity contribution in [3.05, 3.63) is 0 Å². The molecular weight excluding hydrogens is 212 g/mol. The molecule has 15 heavy (non-hydrogen) atoms. The second kappa shape index (κ2) is 5.82. The number of hydrogen-bond donors (Lipinski definition) is 1. The summed E-state index contributed by atoms with van der Waals surface area (Å²) in [6.45, 7) is 5.48. The van der Waals surface area contributed by atoms with Crippen LogP contribution in [0.5, 0.6) is 0 Å². The number of sulfonamides is 1. The van der Waals surface area contributed by atoms with Gasteiger partial charge in [-0.25, -0.2) is 12.7 Å². The lowest BCUT2D eigenvalue weighted by Crippen LogP contribution is -2.41. The molecule has 0 aromatic carbocycles. The van der Waals surface area contributed by atoms with Gasteiger partial charge in [-0.15, -0.1) is 0 Å². The van der Waals surface area contributed by atoms with Crippen LogP contribution in [0.25, 0.3) is 0 Å². The van der Waals surface area contributed by atoms with Crippen molar-refractivity contribution in [2.45, 2.75) is 39.2 Å². The number of hydrogen-bond acceptors (Lipinski definition) is 3. The third-order valence-corrected chi connectivity index (χ3v) is 5.02. The molecule has 1 rings (SSSR count). The van der Waals surface area contributed by atoms with E-state index in [0.29, 0.717) is 25.7 Å². The highest BCUT2D eigenvalue weighted by Crippen LogP contribution is 2.17. The molecule has 0 spiro atoms. The molecule has 1 fully saturated rings. The molecule has 0 aromatic rings. The van der Waals surface area contributed by atoms with Crippen LogP contribution in [0.4, 0.5) is 0 Å². The average molecular weight is 234 g/mol. The van der Waals surface area contributed by atoms with Crippen LogP contribution in [0.15, 0.2) is 0 Å². The molecule has 0 radical (unpaired) electrons. The van der Waals surface area contributed by atoms with Gasteiger partial charge in [0.05, 0.1) is 5.75 Å². The van der Waals surface area contributed by atoms with Gasteiger partial charge in [-0.2, -0.15) is 0 Å². The molecule has 0 aromatic heterocycles.